The highest BCUT2D eigenvalue weighted by Gasteiger charge is 2.57. The van der Waals surface area contributed by atoms with Crippen molar-refractivity contribution < 1.29 is 9.53 Å². The Bertz CT molecular complexity index is 1920. The fourth-order valence-electron chi connectivity index (χ4n) is 7.88. The molecule has 5 aromatic rings. The number of nitrogens with zero attached hydrogens (tertiary/aromatic N) is 9. The number of nitriles is 1. The number of aromatic nitrogens is 7. The van der Waals surface area contributed by atoms with Crippen LogP contribution in [0.1, 0.15) is 37.7 Å². The molecule has 4 aliphatic rings. The van der Waals surface area contributed by atoms with E-state index in [0.717, 1.165) is 54.5 Å². The molecule has 7 heterocycles. The van der Waals surface area contributed by atoms with Gasteiger partial charge in [-0.05, 0) is 50.2 Å². The van der Waals surface area contributed by atoms with E-state index in [9.17, 15) is 10.1 Å². The summed E-state index contributed by atoms with van der Waals surface area (Å²) in [5.74, 6) is 1.57. The molecule has 2 saturated carbocycles. The van der Waals surface area contributed by atoms with Crippen molar-refractivity contribution in [3.8, 4) is 34.3 Å². The first-order valence-electron chi connectivity index (χ1n) is 14.8. The van der Waals surface area contributed by atoms with Gasteiger partial charge >= 0.3 is 0 Å². The molecule has 1 N–H and O–H groups in total. The average Bonchev–Trinajstić information content (AvgIpc) is 3.67. The molecule has 2 aliphatic carbocycles. The molecule has 9 rings (SSSR count). The number of nitrogens with one attached hydrogen (secondary N) is 1. The SMILES string of the molecule is COc1ccc(N2C3CC4CC2CC(C(=O)Nc2cnc(-c5cc(-c6cnn(C)c6)cn6ncc(C#N)c56)cn2)(C4)C3)cn1. The lowest BCUT2D eigenvalue weighted by Gasteiger charge is -2.61. The molecule has 2 saturated heterocycles. The summed E-state index contributed by atoms with van der Waals surface area (Å²) in [5, 5.41) is 21.5. The Balaban J connectivity index is 1.05. The van der Waals surface area contributed by atoms with E-state index in [1.807, 2.05) is 37.8 Å². The molecule has 4 bridgehead atoms. The van der Waals surface area contributed by atoms with Gasteiger partial charge in [0, 0.05) is 54.3 Å². The minimum absolute atomic E-state index is 0.0231. The van der Waals surface area contributed by atoms with Gasteiger partial charge in [0.25, 0.3) is 0 Å². The number of methoxy groups -OCH3 is 1. The van der Waals surface area contributed by atoms with Crippen LogP contribution in [0.2, 0.25) is 0 Å². The Morgan fingerprint density at radius 1 is 1.00 bits per heavy atom. The maximum Gasteiger partial charge on any atom is 0.231 e. The zero-order valence-electron chi connectivity index (χ0n) is 24.4. The van der Waals surface area contributed by atoms with Gasteiger partial charge in [-0.2, -0.15) is 15.5 Å². The standard InChI is InChI=1S/C32H30N10O2/c1-40-17-22(13-37-40)20-7-26(30-21(11-33)12-38-41(30)18-20)27-15-35-28(16-34-27)39-31(43)32-8-19-5-24(9-32)42(25(6-19)10-32)23-3-4-29(44-2)36-14-23/h3-4,7,12-19,24-25H,5-6,8-10H2,1-2H3,(H,35,39,43). The molecule has 2 aliphatic heterocycles. The summed E-state index contributed by atoms with van der Waals surface area (Å²) in [6.07, 6.45) is 16.9. The summed E-state index contributed by atoms with van der Waals surface area (Å²) in [7, 11) is 3.48. The van der Waals surface area contributed by atoms with E-state index < -0.39 is 5.41 Å². The fourth-order valence-corrected chi connectivity index (χ4v) is 7.88. The minimum atomic E-state index is -0.420. The summed E-state index contributed by atoms with van der Waals surface area (Å²) in [4.78, 5) is 30.1. The number of piperidine rings is 2. The number of ether oxygens (including phenoxy) is 1. The van der Waals surface area contributed by atoms with Gasteiger partial charge in [-0.3, -0.25) is 14.5 Å². The van der Waals surface area contributed by atoms with Crippen molar-refractivity contribution in [2.24, 2.45) is 18.4 Å². The van der Waals surface area contributed by atoms with Gasteiger partial charge in [0.2, 0.25) is 11.8 Å². The van der Waals surface area contributed by atoms with Crippen LogP contribution in [0.5, 0.6) is 5.88 Å². The third-order valence-corrected chi connectivity index (χ3v) is 9.58. The predicted molar refractivity (Wildman–Crippen MR) is 162 cm³/mol. The number of carbonyl (C=O) groups excluding carboxylic acids is 1. The van der Waals surface area contributed by atoms with Crippen molar-refractivity contribution in [1.82, 2.24) is 34.3 Å². The first kappa shape index (κ1) is 26.3. The summed E-state index contributed by atoms with van der Waals surface area (Å²) >= 11 is 0. The summed E-state index contributed by atoms with van der Waals surface area (Å²) in [6, 6.07) is 8.77. The second-order valence-electron chi connectivity index (χ2n) is 12.3. The highest BCUT2D eigenvalue weighted by atomic mass is 16.5. The quantitative estimate of drug-likeness (QED) is 0.309. The van der Waals surface area contributed by atoms with Gasteiger partial charge in [-0.25, -0.2) is 14.5 Å². The topological polar surface area (TPSA) is 139 Å². The van der Waals surface area contributed by atoms with Crippen LogP contribution < -0.4 is 15.0 Å². The first-order valence-corrected chi connectivity index (χ1v) is 14.8. The molecule has 2 unspecified atom stereocenters. The lowest BCUT2D eigenvalue weighted by Crippen LogP contribution is -2.64. The number of hydrogen-bond donors (Lipinski definition) is 1. The van der Waals surface area contributed by atoms with Crippen LogP contribution in [0.15, 0.2) is 61.6 Å². The Morgan fingerprint density at radius 2 is 1.84 bits per heavy atom. The molecule has 1 amide bonds. The maximum absolute atomic E-state index is 13.9. The van der Waals surface area contributed by atoms with Crippen molar-refractivity contribution in [3.05, 3.63) is 67.1 Å². The normalized spacial score (nSPS) is 23.6. The number of pyridine rings is 2. The predicted octanol–water partition coefficient (Wildman–Crippen LogP) is 4.24. The van der Waals surface area contributed by atoms with Crippen molar-refractivity contribution >= 4 is 22.9 Å². The van der Waals surface area contributed by atoms with Gasteiger partial charge in [0.15, 0.2) is 5.82 Å². The first-order chi connectivity index (χ1) is 21.4. The van der Waals surface area contributed by atoms with Gasteiger partial charge in [0.1, 0.15) is 6.07 Å². The minimum Gasteiger partial charge on any atom is -0.481 e. The van der Waals surface area contributed by atoms with E-state index in [2.05, 4.69) is 47.5 Å². The molecule has 2 atom stereocenters. The van der Waals surface area contributed by atoms with Crippen LogP contribution in [0.3, 0.4) is 0 Å². The second kappa shape index (κ2) is 9.87. The zero-order chi connectivity index (χ0) is 30.0. The second-order valence-corrected chi connectivity index (χ2v) is 12.3. The van der Waals surface area contributed by atoms with Gasteiger partial charge in [-0.15, -0.1) is 0 Å². The van der Waals surface area contributed by atoms with E-state index in [-0.39, 0.29) is 5.91 Å². The third-order valence-electron chi connectivity index (χ3n) is 9.58. The van der Waals surface area contributed by atoms with Crippen LogP contribution >= 0.6 is 0 Å². The molecule has 0 aromatic carbocycles. The summed E-state index contributed by atoms with van der Waals surface area (Å²) < 4.78 is 8.67. The number of fused-ring (bicyclic) bond motifs is 1. The van der Waals surface area contributed by atoms with Gasteiger partial charge in [-0.1, -0.05) is 0 Å². The van der Waals surface area contributed by atoms with Crippen LogP contribution in [0.4, 0.5) is 11.5 Å². The van der Waals surface area contributed by atoms with Gasteiger partial charge in [0.05, 0.1) is 66.0 Å². The van der Waals surface area contributed by atoms with Crippen molar-refractivity contribution in [1.29, 1.82) is 5.26 Å². The number of rotatable bonds is 6. The molecule has 4 fully saturated rings. The third kappa shape index (κ3) is 4.18. The molecule has 12 nitrogen and oxygen atoms in total. The Labute approximate surface area is 253 Å². The number of amides is 1. The molecule has 220 valence electrons. The Morgan fingerprint density at radius 3 is 2.50 bits per heavy atom. The number of aryl methyl sites for hydroxylation is 1. The molecule has 0 spiro atoms. The lowest BCUT2D eigenvalue weighted by atomic mass is 9.55. The maximum atomic E-state index is 13.9. The van der Waals surface area contributed by atoms with Crippen molar-refractivity contribution in [2.75, 3.05) is 17.3 Å². The molecule has 12 heteroatoms. The molecule has 44 heavy (non-hydrogen) atoms. The highest BCUT2D eigenvalue weighted by molar-refractivity contribution is 5.95. The van der Waals surface area contributed by atoms with E-state index >= 15 is 0 Å². The van der Waals surface area contributed by atoms with Gasteiger partial charge < -0.3 is 15.0 Å². The number of anilines is 2. The van der Waals surface area contributed by atoms with Crippen LogP contribution in [0.25, 0.3) is 27.9 Å². The largest absolute Gasteiger partial charge is 0.481 e. The Hall–Kier alpha value is -5.31. The summed E-state index contributed by atoms with van der Waals surface area (Å²) in [6.45, 7) is 0. The van der Waals surface area contributed by atoms with Crippen LogP contribution in [-0.2, 0) is 11.8 Å². The number of carbonyl (C=O) groups is 1. The van der Waals surface area contributed by atoms with E-state index in [1.54, 1.807) is 41.1 Å². The van der Waals surface area contributed by atoms with Crippen LogP contribution in [0, 0.1) is 22.7 Å². The average molecular weight is 587 g/mol. The van der Waals surface area contributed by atoms with Crippen LogP contribution in [-0.4, -0.2) is 59.4 Å². The van der Waals surface area contributed by atoms with E-state index in [4.69, 9.17) is 4.74 Å². The zero-order valence-corrected chi connectivity index (χ0v) is 24.4. The summed E-state index contributed by atoms with van der Waals surface area (Å²) in [5.41, 5.74) is 4.86. The molecule has 0 radical (unpaired) electrons. The Kier molecular flexibility index (Phi) is 5.91. The smallest absolute Gasteiger partial charge is 0.231 e. The number of hydrogen-bond acceptors (Lipinski definition) is 9. The molecular formula is C32H30N10O2. The van der Waals surface area contributed by atoms with Crippen molar-refractivity contribution in [2.45, 2.75) is 44.2 Å². The fraction of sp³-hybridized carbons (Fsp3) is 0.344. The van der Waals surface area contributed by atoms with E-state index in [0.29, 0.717) is 46.5 Å². The molecular weight excluding hydrogens is 556 g/mol. The molecule has 5 aromatic heterocycles. The monoisotopic (exact) mass is 586 g/mol. The van der Waals surface area contributed by atoms with Crippen molar-refractivity contribution in [3.63, 3.8) is 0 Å². The highest BCUT2D eigenvalue weighted by Crippen LogP contribution is 2.57. The lowest BCUT2D eigenvalue weighted by molar-refractivity contribution is -0.134. The van der Waals surface area contributed by atoms with E-state index in [1.165, 1.54) is 0 Å².